The first-order chi connectivity index (χ1) is 12.8. The lowest BCUT2D eigenvalue weighted by molar-refractivity contribution is 0.0790. The molecule has 2 aliphatic rings. The van der Waals surface area contributed by atoms with E-state index in [0.29, 0.717) is 19.6 Å². The van der Waals surface area contributed by atoms with E-state index in [1.165, 1.54) is 0 Å². The van der Waals surface area contributed by atoms with Gasteiger partial charge in [-0.05, 0) is 31.4 Å². The van der Waals surface area contributed by atoms with Gasteiger partial charge in [-0.25, -0.2) is 4.79 Å². The summed E-state index contributed by atoms with van der Waals surface area (Å²) in [5.74, 6) is 1.83. The van der Waals surface area contributed by atoms with Crippen molar-refractivity contribution in [2.75, 3.05) is 13.2 Å². The van der Waals surface area contributed by atoms with Gasteiger partial charge in [0.15, 0.2) is 5.82 Å². The molecule has 2 aromatic heterocycles. The molecule has 4 rings (SSSR count). The van der Waals surface area contributed by atoms with Crippen LogP contribution in [0.1, 0.15) is 36.6 Å². The number of rotatable bonds is 6. The van der Waals surface area contributed by atoms with Gasteiger partial charge < -0.3 is 19.5 Å². The number of ether oxygens (including phenoxy) is 1. The highest BCUT2D eigenvalue weighted by molar-refractivity contribution is 5.74. The first kappa shape index (κ1) is 17.0. The largest absolute Gasteiger partial charge is 0.376 e. The summed E-state index contributed by atoms with van der Waals surface area (Å²) < 4.78 is 7.81. The summed E-state index contributed by atoms with van der Waals surface area (Å²) in [6, 6.07) is 5.62. The number of amides is 2. The quantitative estimate of drug-likeness (QED) is 0.848. The third-order valence-corrected chi connectivity index (χ3v) is 4.90. The molecule has 2 amide bonds. The number of hydrogen-bond acceptors (Lipinski definition) is 5. The normalized spacial score (nSPS) is 18.7. The van der Waals surface area contributed by atoms with Crippen LogP contribution in [0.3, 0.4) is 0 Å². The average molecular weight is 356 g/mol. The van der Waals surface area contributed by atoms with Crippen LogP contribution in [-0.2, 0) is 30.8 Å². The summed E-state index contributed by atoms with van der Waals surface area (Å²) in [4.78, 5) is 18.9. The van der Waals surface area contributed by atoms with Gasteiger partial charge >= 0.3 is 6.03 Å². The first-order valence-electron chi connectivity index (χ1n) is 9.25. The lowest BCUT2D eigenvalue weighted by Crippen LogP contribution is -2.43. The average Bonchev–Trinajstić information content (AvgIpc) is 3.39. The highest BCUT2D eigenvalue weighted by Gasteiger charge is 2.24. The number of nitrogens with zero attached hydrogens (tertiary/aromatic N) is 5. The lowest BCUT2D eigenvalue weighted by atomic mass is 10.2. The summed E-state index contributed by atoms with van der Waals surface area (Å²) in [5.41, 5.74) is 0.865. The van der Waals surface area contributed by atoms with E-state index < -0.39 is 0 Å². The van der Waals surface area contributed by atoms with Crippen molar-refractivity contribution < 1.29 is 9.53 Å². The molecule has 8 nitrogen and oxygen atoms in total. The zero-order valence-electron chi connectivity index (χ0n) is 14.8. The Hall–Kier alpha value is -2.48. The molecule has 1 N–H and O–H groups in total. The predicted molar refractivity (Wildman–Crippen MR) is 94.2 cm³/mol. The molecule has 26 heavy (non-hydrogen) atoms. The number of hydrogen-bond donors (Lipinski definition) is 1. The monoisotopic (exact) mass is 356 g/mol. The van der Waals surface area contributed by atoms with Crippen molar-refractivity contribution in [2.45, 2.75) is 51.4 Å². The van der Waals surface area contributed by atoms with E-state index >= 15 is 0 Å². The van der Waals surface area contributed by atoms with E-state index in [2.05, 4.69) is 25.1 Å². The molecular weight excluding hydrogens is 332 g/mol. The van der Waals surface area contributed by atoms with Gasteiger partial charge in [-0.15, -0.1) is 10.2 Å². The molecule has 1 fully saturated rings. The Morgan fingerprint density at radius 1 is 1.35 bits per heavy atom. The second-order valence-electron chi connectivity index (χ2n) is 6.78. The standard InChI is InChI=1S/C18H24N6O2/c25-18(20-11-17-22-21-16-7-3-9-24(16)17)23(13-15-6-4-10-26-15)12-14-5-1-2-8-19-14/h1-2,5,8,15H,3-4,6-7,9-13H2,(H,20,25)/t15-/m0/s1. The molecule has 0 bridgehead atoms. The SMILES string of the molecule is O=C(NCc1nnc2n1CCC2)N(Cc1ccccn1)C[C@@H]1CCCO1. The molecule has 0 aromatic carbocycles. The smallest absolute Gasteiger partial charge is 0.318 e. The van der Waals surface area contributed by atoms with Gasteiger partial charge in [0.2, 0.25) is 0 Å². The van der Waals surface area contributed by atoms with Crippen molar-refractivity contribution in [2.24, 2.45) is 0 Å². The minimum absolute atomic E-state index is 0.0989. The highest BCUT2D eigenvalue weighted by Crippen LogP contribution is 2.16. The molecule has 0 unspecified atom stereocenters. The lowest BCUT2D eigenvalue weighted by Gasteiger charge is -2.25. The third kappa shape index (κ3) is 3.85. The van der Waals surface area contributed by atoms with Crippen molar-refractivity contribution in [3.63, 3.8) is 0 Å². The zero-order valence-corrected chi connectivity index (χ0v) is 14.8. The maximum atomic E-state index is 12.8. The fourth-order valence-electron chi connectivity index (χ4n) is 3.55. The molecule has 0 aliphatic carbocycles. The van der Waals surface area contributed by atoms with Crippen LogP contribution < -0.4 is 5.32 Å². The second-order valence-corrected chi connectivity index (χ2v) is 6.78. The number of carbonyl (C=O) groups excluding carboxylic acids is 1. The fourth-order valence-corrected chi connectivity index (χ4v) is 3.55. The molecule has 1 atom stereocenters. The molecule has 0 saturated carbocycles. The maximum Gasteiger partial charge on any atom is 0.318 e. The van der Waals surface area contributed by atoms with E-state index in [4.69, 9.17) is 4.74 Å². The molecule has 1 saturated heterocycles. The first-order valence-corrected chi connectivity index (χ1v) is 9.25. The van der Waals surface area contributed by atoms with Crippen molar-refractivity contribution in [1.82, 2.24) is 30.0 Å². The van der Waals surface area contributed by atoms with Crippen LogP contribution >= 0.6 is 0 Å². The van der Waals surface area contributed by atoms with Gasteiger partial charge in [-0.3, -0.25) is 4.98 Å². The second kappa shape index (κ2) is 7.82. The predicted octanol–water partition coefficient (Wildman–Crippen LogP) is 1.51. The molecule has 2 aromatic rings. The fraction of sp³-hybridized carbons (Fsp3) is 0.556. The number of carbonyl (C=O) groups is 1. The van der Waals surface area contributed by atoms with E-state index in [1.54, 1.807) is 11.1 Å². The number of nitrogens with one attached hydrogen (secondary N) is 1. The number of fused-ring (bicyclic) bond motifs is 1. The summed E-state index contributed by atoms with van der Waals surface area (Å²) in [5, 5.41) is 11.4. The van der Waals surface area contributed by atoms with E-state index in [1.807, 2.05) is 18.2 Å². The third-order valence-electron chi connectivity index (χ3n) is 4.90. The summed E-state index contributed by atoms with van der Waals surface area (Å²) in [6.45, 7) is 3.12. The van der Waals surface area contributed by atoms with Gasteiger partial charge in [0.05, 0.1) is 24.9 Å². The maximum absolute atomic E-state index is 12.8. The van der Waals surface area contributed by atoms with Gasteiger partial charge in [0.25, 0.3) is 0 Å². The summed E-state index contributed by atoms with van der Waals surface area (Å²) in [7, 11) is 0. The highest BCUT2D eigenvalue weighted by atomic mass is 16.5. The summed E-state index contributed by atoms with van der Waals surface area (Å²) in [6.07, 6.45) is 5.94. The van der Waals surface area contributed by atoms with Crippen molar-refractivity contribution >= 4 is 6.03 Å². The molecule has 0 radical (unpaired) electrons. The number of aryl methyl sites for hydroxylation is 1. The van der Waals surface area contributed by atoms with Crippen molar-refractivity contribution in [3.8, 4) is 0 Å². The van der Waals surface area contributed by atoms with Crippen LogP contribution in [0.15, 0.2) is 24.4 Å². The molecule has 2 aliphatic heterocycles. The van der Waals surface area contributed by atoms with Crippen LogP contribution in [0, 0.1) is 0 Å². The topological polar surface area (TPSA) is 85.2 Å². The Morgan fingerprint density at radius 3 is 3.12 bits per heavy atom. The Labute approximate surface area is 152 Å². The van der Waals surface area contributed by atoms with Crippen molar-refractivity contribution in [3.05, 3.63) is 41.7 Å². The number of pyridine rings is 1. The minimum atomic E-state index is -0.124. The van der Waals surface area contributed by atoms with Crippen LogP contribution in [0.5, 0.6) is 0 Å². The Bertz CT molecular complexity index is 741. The molecule has 8 heteroatoms. The number of aromatic nitrogens is 4. The Morgan fingerprint density at radius 2 is 2.31 bits per heavy atom. The molecular formula is C18H24N6O2. The number of urea groups is 1. The van der Waals surface area contributed by atoms with Crippen molar-refractivity contribution in [1.29, 1.82) is 0 Å². The summed E-state index contributed by atoms with van der Waals surface area (Å²) >= 11 is 0. The van der Waals surface area contributed by atoms with Gasteiger partial charge in [0.1, 0.15) is 5.82 Å². The molecule has 0 spiro atoms. The zero-order chi connectivity index (χ0) is 17.8. The van der Waals surface area contributed by atoms with Crippen LogP contribution in [0.4, 0.5) is 4.79 Å². The van der Waals surface area contributed by atoms with Gasteiger partial charge in [0, 0.05) is 32.3 Å². The van der Waals surface area contributed by atoms with E-state index in [0.717, 1.165) is 56.2 Å². The van der Waals surface area contributed by atoms with Crippen LogP contribution in [0.2, 0.25) is 0 Å². The van der Waals surface area contributed by atoms with Gasteiger partial charge in [-0.2, -0.15) is 0 Å². The van der Waals surface area contributed by atoms with E-state index in [-0.39, 0.29) is 12.1 Å². The molecule has 4 heterocycles. The van der Waals surface area contributed by atoms with E-state index in [9.17, 15) is 4.79 Å². The van der Waals surface area contributed by atoms with Crippen LogP contribution in [-0.4, -0.2) is 49.9 Å². The minimum Gasteiger partial charge on any atom is -0.376 e. The Kier molecular flexibility index (Phi) is 5.10. The Balaban J connectivity index is 1.40. The molecule has 138 valence electrons. The van der Waals surface area contributed by atoms with Gasteiger partial charge in [-0.1, -0.05) is 6.07 Å². The van der Waals surface area contributed by atoms with Crippen LogP contribution in [0.25, 0.3) is 0 Å².